The van der Waals surface area contributed by atoms with E-state index < -0.39 is 0 Å². The van der Waals surface area contributed by atoms with Crippen molar-refractivity contribution in [2.75, 3.05) is 25.2 Å². The molecule has 1 fully saturated rings. The topological polar surface area (TPSA) is 56.1 Å². The van der Waals surface area contributed by atoms with Gasteiger partial charge in [0.25, 0.3) is 0 Å². The molecule has 24 heavy (non-hydrogen) atoms. The summed E-state index contributed by atoms with van der Waals surface area (Å²) in [4.78, 5) is 11.1. The summed E-state index contributed by atoms with van der Waals surface area (Å²) in [6.45, 7) is 10.9. The van der Waals surface area contributed by atoms with E-state index in [1.807, 2.05) is 0 Å². The molecule has 3 heterocycles. The number of aromatic nitrogens is 4. The molecule has 2 aromatic rings. The molecule has 0 amide bonds. The van der Waals surface area contributed by atoms with Crippen LogP contribution in [-0.2, 0) is 11.3 Å². The Morgan fingerprint density at radius 3 is 2.75 bits per heavy atom. The maximum Gasteiger partial charge on any atom is 0.132 e. The summed E-state index contributed by atoms with van der Waals surface area (Å²) in [6.07, 6.45) is 2.70. The molecule has 1 aliphatic heterocycles. The van der Waals surface area contributed by atoms with Gasteiger partial charge in [-0.1, -0.05) is 0 Å². The van der Waals surface area contributed by atoms with Gasteiger partial charge in [-0.3, -0.25) is 4.68 Å². The lowest BCUT2D eigenvalue weighted by molar-refractivity contribution is 0.193. The van der Waals surface area contributed by atoms with Crippen LogP contribution in [0, 0.1) is 13.8 Å². The van der Waals surface area contributed by atoms with Gasteiger partial charge in [0, 0.05) is 49.5 Å². The summed E-state index contributed by atoms with van der Waals surface area (Å²) >= 11 is 0. The van der Waals surface area contributed by atoms with Gasteiger partial charge in [0.05, 0.1) is 18.0 Å². The zero-order chi connectivity index (χ0) is 17.3. The zero-order valence-electron chi connectivity index (χ0n) is 15.3. The fourth-order valence-corrected chi connectivity index (χ4v) is 3.31. The highest BCUT2D eigenvalue weighted by molar-refractivity contribution is 5.41. The Morgan fingerprint density at radius 1 is 1.33 bits per heavy atom. The van der Waals surface area contributed by atoms with E-state index in [-0.39, 0.29) is 0 Å². The molecular formula is C18H27N5O. The van der Waals surface area contributed by atoms with Crippen molar-refractivity contribution >= 4 is 5.82 Å². The smallest absolute Gasteiger partial charge is 0.132 e. The summed E-state index contributed by atoms with van der Waals surface area (Å²) in [5, 5.41) is 4.68. The number of rotatable bonds is 5. The van der Waals surface area contributed by atoms with Crippen LogP contribution in [0.5, 0.6) is 0 Å². The van der Waals surface area contributed by atoms with Gasteiger partial charge in [-0.2, -0.15) is 5.10 Å². The quantitative estimate of drug-likeness (QED) is 0.844. The molecule has 1 saturated heterocycles. The fraction of sp³-hybridized carbons (Fsp3) is 0.611. The average Bonchev–Trinajstić information content (AvgIpc) is 3.19. The van der Waals surface area contributed by atoms with E-state index in [9.17, 15) is 0 Å². The standard InChI is InChI=1S/C18H27N5O/c1-12(2)23-14(4)16(13(3)21-23)9-22(5)18-8-17(19-11-20-18)15-6-7-24-10-15/h8,11-12,15H,6-7,9-10H2,1-5H3/t15-/m1/s1. The van der Waals surface area contributed by atoms with Crippen molar-refractivity contribution in [3.63, 3.8) is 0 Å². The molecule has 1 aliphatic rings. The van der Waals surface area contributed by atoms with Gasteiger partial charge < -0.3 is 9.64 Å². The predicted molar refractivity (Wildman–Crippen MR) is 94.4 cm³/mol. The second-order valence-corrected chi connectivity index (χ2v) is 6.91. The van der Waals surface area contributed by atoms with E-state index in [0.29, 0.717) is 12.0 Å². The Kier molecular flexibility index (Phi) is 4.85. The van der Waals surface area contributed by atoms with Crippen LogP contribution in [0.4, 0.5) is 5.82 Å². The summed E-state index contributed by atoms with van der Waals surface area (Å²) in [5.74, 6) is 1.34. The van der Waals surface area contributed by atoms with E-state index in [0.717, 1.165) is 43.4 Å². The minimum absolute atomic E-state index is 0.371. The van der Waals surface area contributed by atoms with Crippen molar-refractivity contribution in [3.05, 3.63) is 35.0 Å². The molecule has 130 valence electrons. The van der Waals surface area contributed by atoms with E-state index in [4.69, 9.17) is 4.74 Å². The Morgan fingerprint density at radius 2 is 2.12 bits per heavy atom. The number of hydrogen-bond acceptors (Lipinski definition) is 5. The first-order valence-corrected chi connectivity index (χ1v) is 8.62. The Balaban J connectivity index is 1.80. The predicted octanol–water partition coefficient (Wildman–Crippen LogP) is 3.01. The van der Waals surface area contributed by atoms with E-state index in [2.05, 4.69) is 65.5 Å². The Bertz CT molecular complexity index is 703. The number of nitrogens with zero attached hydrogens (tertiary/aromatic N) is 5. The average molecular weight is 329 g/mol. The molecule has 0 bridgehead atoms. The molecule has 1 atom stereocenters. The number of ether oxygens (including phenoxy) is 1. The summed E-state index contributed by atoms with van der Waals surface area (Å²) < 4.78 is 7.58. The molecule has 0 unspecified atom stereocenters. The first kappa shape index (κ1) is 16.9. The molecule has 6 heteroatoms. The minimum Gasteiger partial charge on any atom is -0.381 e. The van der Waals surface area contributed by atoms with Crippen LogP contribution in [0.25, 0.3) is 0 Å². The van der Waals surface area contributed by atoms with Gasteiger partial charge in [0.2, 0.25) is 0 Å². The highest BCUT2D eigenvalue weighted by atomic mass is 16.5. The number of hydrogen-bond donors (Lipinski definition) is 0. The van der Waals surface area contributed by atoms with Crippen LogP contribution in [0.3, 0.4) is 0 Å². The van der Waals surface area contributed by atoms with Crippen LogP contribution in [0.1, 0.15) is 54.9 Å². The number of anilines is 1. The number of aryl methyl sites for hydroxylation is 1. The van der Waals surface area contributed by atoms with E-state index in [1.54, 1.807) is 6.33 Å². The lowest BCUT2D eigenvalue weighted by Crippen LogP contribution is -2.19. The summed E-state index contributed by atoms with van der Waals surface area (Å²) in [7, 11) is 2.07. The normalized spacial score (nSPS) is 17.7. The molecule has 0 aliphatic carbocycles. The van der Waals surface area contributed by atoms with E-state index in [1.165, 1.54) is 11.3 Å². The monoisotopic (exact) mass is 329 g/mol. The molecular weight excluding hydrogens is 302 g/mol. The largest absolute Gasteiger partial charge is 0.381 e. The second kappa shape index (κ2) is 6.89. The van der Waals surface area contributed by atoms with Crippen LogP contribution in [0.15, 0.2) is 12.4 Å². The fourth-order valence-electron chi connectivity index (χ4n) is 3.31. The molecule has 0 saturated carbocycles. The molecule has 3 rings (SSSR count). The van der Waals surface area contributed by atoms with Crippen molar-refractivity contribution in [2.24, 2.45) is 0 Å². The first-order valence-electron chi connectivity index (χ1n) is 8.62. The van der Waals surface area contributed by atoms with Crippen LogP contribution in [0.2, 0.25) is 0 Å². The molecule has 0 spiro atoms. The molecule has 0 aromatic carbocycles. The maximum atomic E-state index is 5.48. The summed E-state index contributed by atoms with van der Waals surface area (Å²) in [6, 6.07) is 2.47. The van der Waals surface area contributed by atoms with Crippen molar-refractivity contribution in [1.82, 2.24) is 19.7 Å². The second-order valence-electron chi connectivity index (χ2n) is 6.91. The highest BCUT2D eigenvalue weighted by Crippen LogP contribution is 2.26. The first-order chi connectivity index (χ1) is 11.5. The molecule has 2 aromatic heterocycles. The van der Waals surface area contributed by atoms with Gasteiger partial charge in [0.15, 0.2) is 0 Å². The third-order valence-electron chi connectivity index (χ3n) is 4.77. The Labute approximate surface area is 143 Å². The van der Waals surface area contributed by atoms with Crippen molar-refractivity contribution in [3.8, 4) is 0 Å². The van der Waals surface area contributed by atoms with Crippen LogP contribution < -0.4 is 4.90 Å². The van der Waals surface area contributed by atoms with Crippen molar-refractivity contribution < 1.29 is 4.74 Å². The van der Waals surface area contributed by atoms with Crippen molar-refractivity contribution in [2.45, 2.75) is 52.6 Å². The van der Waals surface area contributed by atoms with Gasteiger partial charge in [-0.25, -0.2) is 9.97 Å². The third-order valence-corrected chi connectivity index (χ3v) is 4.77. The van der Waals surface area contributed by atoms with Crippen LogP contribution in [-0.4, -0.2) is 40.0 Å². The van der Waals surface area contributed by atoms with Gasteiger partial charge in [-0.15, -0.1) is 0 Å². The lowest BCUT2D eigenvalue weighted by atomic mass is 10.0. The molecule has 0 radical (unpaired) electrons. The molecule has 6 nitrogen and oxygen atoms in total. The summed E-state index contributed by atoms with van der Waals surface area (Å²) in [5.41, 5.74) is 4.67. The van der Waals surface area contributed by atoms with Crippen molar-refractivity contribution in [1.29, 1.82) is 0 Å². The SMILES string of the molecule is Cc1nn(C(C)C)c(C)c1CN(C)c1cc([C@@H]2CCOC2)ncn1. The van der Waals surface area contributed by atoms with Gasteiger partial charge in [0.1, 0.15) is 12.1 Å². The van der Waals surface area contributed by atoms with E-state index >= 15 is 0 Å². The van der Waals surface area contributed by atoms with Gasteiger partial charge in [-0.05, 0) is 34.1 Å². The maximum absolute atomic E-state index is 5.48. The van der Waals surface area contributed by atoms with Gasteiger partial charge >= 0.3 is 0 Å². The Hall–Kier alpha value is -1.95. The minimum atomic E-state index is 0.371. The lowest BCUT2D eigenvalue weighted by Gasteiger charge is -2.20. The van der Waals surface area contributed by atoms with Crippen LogP contribution >= 0.6 is 0 Å². The highest BCUT2D eigenvalue weighted by Gasteiger charge is 2.21. The third kappa shape index (κ3) is 3.29. The zero-order valence-corrected chi connectivity index (χ0v) is 15.3. The molecule has 0 N–H and O–H groups in total.